The average molecular weight is 367 g/mol. The van der Waals surface area contributed by atoms with Crippen LogP contribution in [0.15, 0.2) is 23.1 Å². The van der Waals surface area contributed by atoms with E-state index >= 15 is 0 Å². The molecule has 2 aliphatic heterocycles. The predicted octanol–water partition coefficient (Wildman–Crippen LogP) is 1.51. The minimum Gasteiger partial charge on any atom is -0.478 e. The zero-order valence-corrected chi connectivity index (χ0v) is 15.5. The van der Waals surface area contributed by atoms with E-state index in [0.29, 0.717) is 44.0 Å². The monoisotopic (exact) mass is 367 g/mol. The van der Waals surface area contributed by atoms with E-state index in [-0.39, 0.29) is 10.8 Å². The summed E-state index contributed by atoms with van der Waals surface area (Å²) in [5, 5.41) is 2.79. The molecule has 0 radical (unpaired) electrons. The molecule has 1 saturated heterocycles. The van der Waals surface area contributed by atoms with Gasteiger partial charge in [0, 0.05) is 26.2 Å². The second kappa shape index (κ2) is 7.31. The summed E-state index contributed by atoms with van der Waals surface area (Å²) < 4.78 is 32.9. The van der Waals surface area contributed by atoms with Crippen LogP contribution in [-0.4, -0.2) is 62.9 Å². The zero-order chi connectivity index (χ0) is 18.0. The Morgan fingerprint density at radius 2 is 1.96 bits per heavy atom. The molecule has 138 valence electrons. The molecule has 1 aromatic rings. The minimum absolute atomic E-state index is 0.187. The van der Waals surface area contributed by atoms with Gasteiger partial charge in [0.2, 0.25) is 10.0 Å². The van der Waals surface area contributed by atoms with Crippen molar-refractivity contribution in [2.75, 3.05) is 38.5 Å². The number of nitrogens with zero attached hydrogens (tertiary/aromatic N) is 2. The first-order chi connectivity index (χ1) is 11.9. The highest BCUT2D eigenvalue weighted by atomic mass is 32.2. The molecular formula is C17H25N3O4S. The Kier molecular flexibility index (Phi) is 5.31. The van der Waals surface area contributed by atoms with E-state index in [1.54, 1.807) is 12.1 Å². The molecule has 2 heterocycles. The highest BCUT2D eigenvalue weighted by Gasteiger charge is 2.31. The predicted molar refractivity (Wildman–Crippen MR) is 95.3 cm³/mol. The summed E-state index contributed by atoms with van der Waals surface area (Å²) in [5.41, 5.74) is 0.424. The van der Waals surface area contributed by atoms with Crippen LogP contribution in [0, 0.1) is 0 Å². The number of carbonyl (C=O) groups is 1. The third kappa shape index (κ3) is 3.80. The summed E-state index contributed by atoms with van der Waals surface area (Å²) in [6.07, 6.45) is 2.04. The summed E-state index contributed by atoms with van der Waals surface area (Å²) in [6.45, 7) is 4.42. The molecule has 0 unspecified atom stereocenters. The van der Waals surface area contributed by atoms with Crippen molar-refractivity contribution in [2.24, 2.45) is 0 Å². The van der Waals surface area contributed by atoms with Crippen LogP contribution < -0.4 is 10.1 Å². The van der Waals surface area contributed by atoms with Gasteiger partial charge in [-0.1, -0.05) is 13.3 Å². The average Bonchev–Trinajstić information content (AvgIpc) is 2.59. The van der Waals surface area contributed by atoms with Gasteiger partial charge in [0.05, 0.1) is 10.6 Å². The van der Waals surface area contributed by atoms with Crippen molar-refractivity contribution in [1.82, 2.24) is 9.21 Å². The summed E-state index contributed by atoms with van der Waals surface area (Å²) >= 11 is 0. The molecule has 0 aliphatic carbocycles. The standard InChI is InChI=1S/C17H25N3O4S/c1-3-4-5-16-17(21)18-14-12-13(6-7-15(14)24-16)25(22,23)20-10-8-19(2)9-11-20/h6-7,12,16H,3-5,8-11H2,1-2H3,(H,18,21)/t16-/m0/s1. The number of hydrogen-bond acceptors (Lipinski definition) is 5. The Labute approximate surface area is 149 Å². The lowest BCUT2D eigenvalue weighted by molar-refractivity contribution is -0.123. The van der Waals surface area contributed by atoms with Crippen molar-refractivity contribution in [3.05, 3.63) is 18.2 Å². The van der Waals surface area contributed by atoms with E-state index in [0.717, 1.165) is 12.8 Å². The molecule has 2 aliphatic rings. The number of likely N-dealkylation sites (N-methyl/N-ethyl adjacent to an activating group) is 1. The van der Waals surface area contributed by atoms with Gasteiger partial charge in [-0.15, -0.1) is 0 Å². The molecule has 0 aromatic heterocycles. The lowest BCUT2D eigenvalue weighted by Gasteiger charge is -2.32. The SMILES string of the molecule is CCCC[C@@H]1Oc2ccc(S(=O)(=O)N3CCN(C)CC3)cc2NC1=O. The van der Waals surface area contributed by atoms with Crippen LogP contribution in [0.2, 0.25) is 0 Å². The van der Waals surface area contributed by atoms with Gasteiger partial charge in [0.1, 0.15) is 5.75 Å². The van der Waals surface area contributed by atoms with Crippen LogP contribution in [-0.2, 0) is 14.8 Å². The number of carbonyl (C=O) groups excluding carboxylic acids is 1. The number of unbranched alkanes of at least 4 members (excludes halogenated alkanes) is 1. The van der Waals surface area contributed by atoms with Crippen LogP contribution in [0.1, 0.15) is 26.2 Å². The first-order valence-corrected chi connectivity index (χ1v) is 10.2. The second-order valence-corrected chi connectivity index (χ2v) is 8.54. The fraction of sp³-hybridized carbons (Fsp3) is 0.588. The second-order valence-electron chi connectivity index (χ2n) is 6.60. The topological polar surface area (TPSA) is 79.0 Å². The molecule has 0 saturated carbocycles. The van der Waals surface area contributed by atoms with Gasteiger partial charge in [-0.25, -0.2) is 8.42 Å². The number of amides is 1. The summed E-state index contributed by atoms with van der Waals surface area (Å²) in [7, 11) is -1.59. The molecular weight excluding hydrogens is 342 g/mol. The quantitative estimate of drug-likeness (QED) is 0.853. The Hall–Kier alpha value is -1.64. The molecule has 0 bridgehead atoms. The maximum Gasteiger partial charge on any atom is 0.265 e. The maximum atomic E-state index is 12.8. The van der Waals surface area contributed by atoms with Crippen LogP contribution in [0.4, 0.5) is 5.69 Å². The lowest BCUT2D eigenvalue weighted by Crippen LogP contribution is -2.47. The van der Waals surface area contributed by atoms with Crippen LogP contribution in [0.5, 0.6) is 5.75 Å². The Morgan fingerprint density at radius 3 is 2.64 bits per heavy atom. The number of hydrogen-bond donors (Lipinski definition) is 1. The molecule has 7 nitrogen and oxygen atoms in total. The number of fused-ring (bicyclic) bond motifs is 1. The van der Waals surface area contributed by atoms with Crippen molar-refractivity contribution in [3.8, 4) is 5.75 Å². The van der Waals surface area contributed by atoms with E-state index in [2.05, 4.69) is 17.1 Å². The van der Waals surface area contributed by atoms with Gasteiger partial charge < -0.3 is 15.0 Å². The molecule has 25 heavy (non-hydrogen) atoms. The molecule has 3 rings (SSSR count). The molecule has 0 spiro atoms. The Morgan fingerprint density at radius 1 is 1.24 bits per heavy atom. The molecule has 1 fully saturated rings. The third-order valence-electron chi connectivity index (χ3n) is 4.69. The van der Waals surface area contributed by atoms with Gasteiger partial charge in [-0.05, 0) is 38.1 Å². The Bertz CT molecular complexity index is 742. The summed E-state index contributed by atoms with van der Waals surface area (Å²) in [5.74, 6) is 0.313. The van der Waals surface area contributed by atoms with Crippen LogP contribution in [0.25, 0.3) is 0 Å². The fourth-order valence-electron chi connectivity index (χ4n) is 3.05. The first kappa shape index (κ1) is 18.2. The van der Waals surface area contributed by atoms with Crippen molar-refractivity contribution in [3.63, 3.8) is 0 Å². The van der Waals surface area contributed by atoms with Crippen molar-refractivity contribution in [2.45, 2.75) is 37.2 Å². The van der Waals surface area contributed by atoms with Crippen molar-refractivity contribution < 1.29 is 17.9 Å². The normalized spacial score (nSPS) is 22.2. The number of rotatable bonds is 5. The third-order valence-corrected chi connectivity index (χ3v) is 6.59. The van der Waals surface area contributed by atoms with E-state index < -0.39 is 16.1 Å². The van der Waals surface area contributed by atoms with E-state index in [4.69, 9.17) is 4.74 Å². The van der Waals surface area contributed by atoms with Gasteiger partial charge in [0.15, 0.2) is 6.10 Å². The summed E-state index contributed by atoms with van der Waals surface area (Å²) in [4.78, 5) is 14.4. The largest absolute Gasteiger partial charge is 0.478 e. The molecule has 1 amide bonds. The van der Waals surface area contributed by atoms with Gasteiger partial charge in [-0.3, -0.25) is 4.79 Å². The summed E-state index contributed by atoms with van der Waals surface area (Å²) in [6, 6.07) is 4.69. The van der Waals surface area contributed by atoms with Crippen molar-refractivity contribution >= 4 is 21.6 Å². The number of piperazine rings is 1. The van der Waals surface area contributed by atoms with E-state index in [1.165, 1.54) is 10.4 Å². The smallest absolute Gasteiger partial charge is 0.265 e. The minimum atomic E-state index is -3.56. The number of ether oxygens (including phenoxy) is 1. The highest BCUT2D eigenvalue weighted by Crippen LogP contribution is 2.33. The molecule has 1 aromatic carbocycles. The first-order valence-electron chi connectivity index (χ1n) is 8.72. The number of nitrogens with one attached hydrogen (secondary N) is 1. The number of anilines is 1. The molecule has 1 atom stereocenters. The highest BCUT2D eigenvalue weighted by molar-refractivity contribution is 7.89. The fourth-order valence-corrected chi connectivity index (χ4v) is 4.50. The van der Waals surface area contributed by atoms with Gasteiger partial charge >= 0.3 is 0 Å². The lowest BCUT2D eigenvalue weighted by atomic mass is 10.1. The molecule has 1 N–H and O–H groups in total. The van der Waals surface area contributed by atoms with E-state index in [1.807, 2.05) is 7.05 Å². The van der Waals surface area contributed by atoms with E-state index in [9.17, 15) is 13.2 Å². The Balaban J connectivity index is 1.80. The zero-order valence-electron chi connectivity index (χ0n) is 14.7. The van der Waals surface area contributed by atoms with Gasteiger partial charge in [-0.2, -0.15) is 4.31 Å². The molecule has 8 heteroatoms. The number of benzene rings is 1. The van der Waals surface area contributed by atoms with Crippen molar-refractivity contribution in [1.29, 1.82) is 0 Å². The number of sulfonamides is 1. The van der Waals surface area contributed by atoms with Crippen LogP contribution in [0.3, 0.4) is 0 Å². The van der Waals surface area contributed by atoms with Gasteiger partial charge in [0.25, 0.3) is 5.91 Å². The van der Waals surface area contributed by atoms with Crippen LogP contribution >= 0.6 is 0 Å². The maximum absolute atomic E-state index is 12.8.